The van der Waals surface area contributed by atoms with E-state index in [4.69, 9.17) is 5.73 Å². The first-order chi connectivity index (χ1) is 6.65. The highest BCUT2D eigenvalue weighted by Gasteiger charge is 2.10. The summed E-state index contributed by atoms with van der Waals surface area (Å²) in [5.74, 6) is 0. The molecular formula is C12H19NO. The van der Waals surface area contributed by atoms with Gasteiger partial charge in [0, 0.05) is 0 Å². The number of benzene rings is 1. The maximum absolute atomic E-state index is 9.32. The summed E-state index contributed by atoms with van der Waals surface area (Å²) in [6.45, 7) is 3.88. The van der Waals surface area contributed by atoms with Crippen LogP contribution in [0.25, 0.3) is 0 Å². The summed E-state index contributed by atoms with van der Waals surface area (Å²) < 4.78 is 0. The van der Waals surface area contributed by atoms with Gasteiger partial charge in [-0.1, -0.05) is 37.6 Å². The third-order valence-corrected chi connectivity index (χ3v) is 2.42. The van der Waals surface area contributed by atoms with Crippen molar-refractivity contribution >= 4 is 0 Å². The second-order valence-corrected chi connectivity index (χ2v) is 3.76. The molecule has 1 rings (SSSR count). The van der Waals surface area contributed by atoms with Gasteiger partial charge < -0.3 is 10.8 Å². The zero-order valence-corrected chi connectivity index (χ0v) is 8.90. The molecule has 3 N–H and O–H groups in total. The van der Waals surface area contributed by atoms with Crippen LogP contribution >= 0.6 is 0 Å². The molecule has 0 radical (unpaired) electrons. The average molecular weight is 193 g/mol. The van der Waals surface area contributed by atoms with Crippen molar-refractivity contribution in [2.24, 2.45) is 5.73 Å². The van der Waals surface area contributed by atoms with E-state index in [-0.39, 0.29) is 6.04 Å². The Bertz CT molecular complexity index is 266. The Kier molecular flexibility index (Phi) is 4.11. The monoisotopic (exact) mass is 193 g/mol. The fourth-order valence-corrected chi connectivity index (χ4v) is 1.47. The molecule has 1 aromatic carbocycles. The van der Waals surface area contributed by atoms with E-state index in [0.29, 0.717) is 0 Å². The second-order valence-electron chi connectivity index (χ2n) is 3.76. The molecule has 0 aliphatic heterocycles. The van der Waals surface area contributed by atoms with E-state index in [0.717, 1.165) is 18.4 Å². The molecule has 0 spiro atoms. The van der Waals surface area contributed by atoms with Crippen molar-refractivity contribution in [3.05, 3.63) is 35.4 Å². The van der Waals surface area contributed by atoms with Crippen LogP contribution in [0, 0.1) is 0 Å². The molecule has 14 heavy (non-hydrogen) atoms. The Morgan fingerprint density at radius 1 is 1.29 bits per heavy atom. The predicted octanol–water partition coefficient (Wildman–Crippen LogP) is 2.02. The van der Waals surface area contributed by atoms with Crippen molar-refractivity contribution in [3.8, 4) is 0 Å². The molecule has 0 bridgehead atoms. The van der Waals surface area contributed by atoms with Gasteiger partial charge in [-0.25, -0.2) is 0 Å². The molecule has 0 saturated carbocycles. The Morgan fingerprint density at radius 3 is 2.29 bits per heavy atom. The zero-order valence-electron chi connectivity index (χ0n) is 8.90. The molecule has 1 aromatic rings. The van der Waals surface area contributed by atoms with Crippen LogP contribution in [0.4, 0.5) is 0 Å². The van der Waals surface area contributed by atoms with E-state index in [1.165, 1.54) is 5.56 Å². The lowest BCUT2D eigenvalue weighted by atomic mass is 10.0. The molecular weight excluding hydrogens is 174 g/mol. The number of hydrogen-bond donors (Lipinski definition) is 2. The number of aliphatic hydroxyl groups excluding tert-OH is 1. The molecule has 0 heterocycles. The lowest BCUT2D eigenvalue weighted by Gasteiger charge is -2.15. The minimum Gasteiger partial charge on any atom is -0.391 e. The van der Waals surface area contributed by atoms with Gasteiger partial charge in [0.05, 0.1) is 12.1 Å². The molecule has 2 atom stereocenters. The van der Waals surface area contributed by atoms with Crippen molar-refractivity contribution in [3.63, 3.8) is 0 Å². The maximum Gasteiger partial charge on any atom is 0.0704 e. The van der Waals surface area contributed by atoms with E-state index in [1.54, 1.807) is 6.92 Å². The predicted molar refractivity (Wildman–Crippen MR) is 59.0 cm³/mol. The average Bonchev–Trinajstić information content (AvgIpc) is 2.18. The topological polar surface area (TPSA) is 46.2 Å². The zero-order chi connectivity index (χ0) is 10.6. The summed E-state index contributed by atoms with van der Waals surface area (Å²) in [5, 5.41) is 9.32. The van der Waals surface area contributed by atoms with Crippen LogP contribution in [-0.4, -0.2) is 11.2 Å². The van der Waals surface area contributed by atoms with Crippen LogP contribution in [-0.2, 0) is 6.42 Å². The summed E-state index contributed by atoms with van der Waals surface area (Å²) in [6, 6.07) is 7.90. The van der Waals surface area contributed by atoms with E-state index in [9.17, 15) is 5.11 Å². The standard InChI is InChI=1S/C12H19NO/c1-3-4-10-5-7-11(8-6-10)12(13)9(2)14/h5-9,12,14H,3-4,13H2,1-2H3/t9-,12-/m0/s1. The van der Waals surface area contributed by atoms with Gasteiger partial charge in [-0.3, -0.25) is 0 Å². The molecule has 0 amide bonds. The Hall–Kier alpha value is -0.860. The van der Waals surface area contributed by atoms with Crippen molar-refractivity contribution in [1.29, 1.82) is 0 Å². The molecule has 0 aromatic heterocycles. The third-order valence-electron chi connectivity index (χ3n) is 2.42. The fraction of sp³-hybridized carbons (Fsp3) is 0.500. The van der Waals surface area contributed by atoms with Crippen molar-refractivity contribution in [1.82, 2.24) is 0 Å². The molecule has 78 valence electrons. The van der Waals surface area contributed by atoms with E-state index >= 15 is 0 Å². The van der Waals surface area contributed by atoms with Gasteiger partial charge in [0.15, 0.2) is 0 Å². The van der Waals surface area contributed by atoms with Gasteiger partial charge in [-0.2, -0.15) is 0 Å². The smallest absolute Gasteiger partial charge is 0.0704 e. The number of rotatable bonds is 4. The number of aliphatic hydroxyl groups is 1. The number of nitrogens with two attached hydrogens (primary N) is 1. The fourth-order valence-electron chi connectivity index (χ4n) is 1.47. The summed E-state index contributed by atoms with van der Waals surface area (Å²) in [4.78, 5) is 0. The Labute approximate surface area is 85.8 Å². The first-order valence-corrected chi connectivity index (χ1v) is 5.17. The molecule has 0 aliphatic carbocycles. The minimum atomic E-state index is -0.493. The molecule has 2 heteroatoms. The second kappa shape index (κ2) is 5.13. The van der Waals surface area contributed by atoms with Crippen LogP contribution in [0.3, 0.4) is 0 Å². The van der Waals surface area contributed by atoms with Crippen molar-refractivity contribution < 1.29 is 5.11 Å². The van der Waals surface area contributed by atoms with Crippen LogP contribution in [0.15, 0.2) is 24.3 Å². The molecule has 0 unspecified atom stereocenters. The molecule has 0 saturated heterocycles. The summed E-state index contributed by atoms with van der Waals surface area (Å²) >= 11 is 0. The maximum atomic E-state index is 9.32. The van der Waals surface area contributed by atoms with Crippen molar-refractivity contribution in [2.45, 2.75) is 38.8 Å². The minimum absolute atomic E-state index is 0.273. The first-order valence-electron chi connectivity index (χ1n) is 5.17. The van der Waals surface area contributed by atoms with Gasteiger partial charge in [0.25, 0.3) is 0 Å². The summed E-state index contributed by atoms with van der Waals surface area (Å²) in [5.41, 5.74) is 8.14. The third kappa shape index (κ3) is 2.82. The highest BCUT2D eigenvalue weighted by atomic mass is 16.3. The summed E-state index contributed by atoms with van der Waals surface area (Å²) in [7, 11) is 0. The summed E-state index contributed by atoms with van der Waals surface area (Å²) in [6.07, 6.45) is 1.76. The SMILES string of the molecule is CCCc1ccc([C@@H](N)[C@H](C)O)cc1. The quantitative estimate of drug-likeness (QED) is 0.768. The van der Waals surface area contributed by atoms with Gasteiger partial charge in [-0.05, 0) is 24.5 Å². The molecule has 0 aliphatic rings. The largest absolute Gasteiger partial charge is 0.391 e. The van der Waals surface area contributed by atoms with Gasteiger partial charge >= 0.3 is 0 Å². The lowest BCUT2D eigenvalue weighted by Crippen LogP contribution is -2.22. The van der Waals surface area contributed by atoms with Crippen LogP contribution in [0.1, 0.15) is 37.4 Å². The van der Waals surface area contributed by atoms with Crippen LogP contribution < -0.4 is 5.73 Å². The van der Waals surface area contributed by atoms with Gasteiger partial charge in [0.1, 0.15) is 0 Å². The molecule has 2 nitrogen and oxygen atoms in total. The van der Waals surface area contributed by atoms with Crippen molar-refractivity contribution in [2.75, 3.05) is 0 Å². The van der Waals surface area contributed by atoms with Gasteiger partial charge in [-0.15, -0.1) is 0 Å². The highest BCUT2D eigenvalue weighted by molar-refractivity contribution is 5.25. The Morgan fingerprint density at radius 2 is 1.86 bits per heavy atom. The van der Waals surface area contributed by atoms with Crippen LogP contribution in [0.2, 0.25) is 0 Å². The van der Waals surface area contributed by atoms with E-state index < -0.39 is 6.10 Å². The highest BCUT2D eigenvalue weighted by Crippen LogP contribution is 2.15. The van der Waals surface area contributed by atoms with E-state index in [1.807, 2.05) is 12.1 Å². The lowest BCUT2D eigenvalue weighted by molar-refractivity contribution is 0.164. The van der Waals surface area contributed by atoms with E-state index in [2.05, 4.69) is 19.1 Å². The first kappa shape index (κ1) is 11.2. The normalized spacial score (nSPS) is 15.1. The number of aryl methyl sites for hydroxylation is 1. The Balaban J connectivity index is 2.72. The van der Waals surface area contributed by atoms with Gasteiger partial charge in [0.2, 0.25) is 0 Å². The molecule has 0 fully saturated rings. The number of hydrogen-bond acceptors (Lipinski definition) is 2. The van der Waals surface area contributed by atoms with Crippen LogP contribution in [0.5, 0.6) is 0 Å².